The Balaban J connectivity index is 2.05. The van der Waals surface area contributed by atoms with Gasteiger partial charge >= 0.3 is 6.18 Å². The largest absolute Gasteiger partial charge is 0.419 e. The van der Waals surface area contributed by atoms with Crippen LogP contribution in [-0.4, -0.2) is 55.4 Å². The van der Waals surface area contributed by atoms with E-state index in [-0.39, 0.29) is 17.9 Å². The Bertz CT molecular complexity index is 522. The molecular weight excluding hydrogens is 288 g/mol. The first-order valence-electron chi connectivity index (χ1n) is 6.58. The molecular formula is C14H16F4N2O. The van der Waals surface area contributed by atoms with Crippen LogP contribution in [-0.2, 0) is 6.18 Å². The topological polar surface area (TPSA) is 23.6 Å². The monoisotopic (exact) mass is 304 g/mol. The zero-order chi connectivity index (χ0) is 15.6. The zero-order valence-electron chi connectivity index (χ0n) is 11.6. The molecule has 0 radical (unpaired) electrons. The molecule has 0 aromatic heterocycles. The molecule has 2 rings (SSSR count). The zero-order valence-corrected chi connectivity index (χ0v) is 11.6. The lowest BCUT2D eigenvalue weighted by atomic mass is 10.1. The molecule has 0 spiro atoms. The molecule has 116 valence electrons. The second-order valence-corrected chi connectivity index (χ2v) is 5.19. The average Bonchev–Trinajstić information content (AvgIpc) is 2.39. The van der Waals surface area contributed by atoms with Crippen LogP contribution < -0.4 is 0 Å². The minimum atomic E-state index is -4.75. The van der Waals surface area contributed by atoms with Crippen molar-refractivity contribution in [3.8, 4) is 0 Å². The fourth-order valence-electron chi connectivity index (χ4n) is 2.22. The van der Waals surface area contributed by atoms with Gasteiger partial charge in [-0.15, -0.1) is 0 Å². The molecule has 7 heteroatoms. The third-order valence-corrected chi connectivity index (χ3v) is 3.56. The van der Waals surface area contributed by atoms with Gasteiger partial charge in [0.1, 0.15) is 5.82 Å². The van der Waals surface area contributed by atoms with Gasteiger partial charge in [0.25, 0.3) is 0 Å². The fraction of sp³-hybridized carbons (Fsp3) is 0.500. The summed E-state index contributed by atoms with van der Waals surface area (Å²) in [5, 5.41) is 0. The Morgan fingerprint density at radius 1 is 1.19 bits per heavy atom. The highest BCUT2D eigenvalue weighted by Gasteiger charge is 2.34. The number of hydrogen-bond donors (Lipinski definition) is 0. The molecule has 0 atom stereocenters. The summed E-state index contributed by atoms with van der Waals surface area (Å²) in [5.74, 6) is -1.78. The van der Waals surface area contributed by atoms with E-state index < -0.39 is 17.6 Å². The van der Waals surface area contributed by atoms with E-state index in [1.54, 1.807) is 0 Å². The molecule has 1 aromatic carbocycles. The number of benzene rings is 1. The van der Waals surface area contributed by atoms with Gasteiger partial charge in [-0.1, -0.05) is 6.07 Å². The first kappa shape index (κ1) is 15.9. The summed E-state index contributed by atoms with van der Waals surface area (Å²) >= 11 is 0. The molecule has 21 heavy (non-hydrogen) atoms. The van der Waals surface area contributed by atoms with Crippen LogP contribution in [0.3, 0.4) is 0 Å². The van der Waals surface area contributed by atoms with E-state index in [1.807, 2.05) is 11.9 Å². The van der Waals surface area contributed by atoms with Crippen molar-refractivity contribution in [2.75, 3.05) is 39.8 Å². The molecule has 1 fully saturated rings. The van der Waals surface area contributed by atoms with Gasteiger partial charge in [0.2, 0.25) is 0 Å². The van der Waals surface area contributed by atoms with Crippen LogP contribution in [0, 0.1) is 5.82 Å². The van der Waals surface area contributed by atoms with Gasteiger partial charge < -0.3 is 4.90 Å². The van der Waals surface area contributed by atoms with Gasteiger partial charge in [0, 0.05) is 31.7 Å². The maximum absolute atomic E-state index is 13.4. The predicted octanol–water partition coefficient (Wildman–Crippen LogP) is 2.27. The van der Waals surface area contributed by atoms with E-state index in [0.717, 1.165) is 19.2 Å². The van der Waals surface area contributed by atoms with Crippen LogP contribution >= 0.6 is 0 Å². The maximum Gasteiger partial charge on any atom is 0.419 e. The molecule has 0 bridgehead atoms. The van der Waals surface area contributed by atoms with Crippen molar-refractivity contribution in [1.82, 2.24) is 9.80 Å². The Morgan fingerprint density at radius 3 is 2.33 bits per heavy atom. The molecule has 1 aliphatic rings. The second kappa shape index (κ2) is 6.11. The SMILES string of the molecule is CN1CCN(CC(=O)c2ccc(C(F)(F)F)c(F)c2)CC1. The standard InChI is InChI=1S/C14H16F4N2O/c1-19-4-6-20(7-5-19)9-13(21)10-2-3-11(12(15)8-10)14(16,17)18/h2-3,8H,4-7,9H2,1H3. The lowest BCUT2D eigenvalue weighted by Crippen LogP contribution is -2.46. The van der Waals surface area contributed by atoms with E-state index in [0.29, 0.717) is 25.2 Å². The summed E-state index contributed by atoms with van der Waals surface area (Å²) in [6, 6.07) is 2.32. The normalized spacial score (nSPS) is 18.0. The molecule has 0 saturated carbocycles. The molecule has 0 amide bonds. The van der Waals surface area contributed by atoms with Crippen LogP contribution in [0.1, 0.15) is 15.9 Å². The molecule has 1 aromatic rings. The number of likely N-dealkylation sites (N-methyl/N-ethyl adjacent to an activating group) is 1. The Hall–Kier alpha value is -1.47. The smallest absolute Gasteiger partial charge is 0.304 e. The van der Waals surface area contributed by atoms with Crippen molar-refractivity contribution in [1.29, 1.82) is 0 Å². The van der Waals surface area contributed by atoms with Crippen LogP contribution in [0.15, 0.2) is 18.2 Å². The van der Waals surface area contributed by atoms with E-state index in [4.69, 9.17) is 0 Å². The van der Waals surface area contributed by atoms with E-state index in [1.165, 1.54) is 0 Å². The summed E-state index contributed by atoms with van der Waals surface area (Å²) < 4.78 is 50.8. The highest BCUT2D eigenvalue weighted by molar-refractivity contribution is 5.97. The van der Waals surface area contributed by atoms with Gasteiger partial charge in [-0.2, -0.15) is 13.2 Å². The number of piperazine rings is 1. The fourth-order valence-corrected chi connectivity index (χ4v) is 2.22. The molecule has 0 N–H and O–H groups in total. The van der Waals surface area contributed by atoms with Crippen molar-refractivity contribution < 1.29 is 22.4 Å². The third-order valence-electron chi connectivity index (χ3n) is 3.56. The van der Waals surface area contributed by atoms with Gasteiger partial charge in [-0.05, 0) is 19.2 Å². The van der Waals surface area contributed by atoms with Crippen molar-refractivity contribution in [2.45, 2.75) is 6.18 Å². The summed E-state index contributed by atoms with van der Waals surface area (Å²) in [6.07, 6.45) is -4.75. The van der Waals surface area contributed by atoms with E-state index in [2.05, 4.69) is 4.90 Å². The number of hydrogen-bond acceptors (Lipinski definition) is 3. The van der Waals surface area contributed by atoms with Crippen molar-refractivity contribution >= 4 is 5.78 Å². The third kappa shape index (κ3) is 4.01. The number of alkyl halides is 3. The van der Waals surface area contributed by atoms with Crippen LogP contribution in [0.2, 0.25) is 0 Å². The average molecular weight is 304 g/mol. The maximum atomic E-state index is 13.4. The number of Topliss-reactive ketones (excluding diaryl/α,β-unsaturated/α-hetero) is 1. The summed E-state index contributed by atoms with van der Waals surface area (Å²) in [6.45, 7) is 3.18. The minimum Gasteiger partial charge on any atom is -0.304 e. The highest BCUT2D eigenvalue weighted by Crippen LogP contribution is 2.31. The quantitative estimate of drug-likeness (QED) is 0.632. The van der Waals surface area contributed by atoms with Crippen LogP contribution in [0.4, 0.5) is 17.6 Å². The van der Waals surface area contributed by atoms with Crippen molar-refractivity contribution in [2.24, 2.45) is 0 Å². The number of carbonyl (C=O) groups is 1. The van der Waals surface area contributed by atoms with Gasteiger partial charge in [-0.3, -0.25) is 9.69 Å². The van der Waals surface area contributed by atoms with Gasteiger partial charge in [0.05, 0.1) is 12.1 Å². The first-order chi connectivity index (χ1) is 9.77. The number of ketones is 1. The molecule has 0 unspecified atom stereocenters. The summed E-state index contributed by atoms with van der Waals surface area (Å²) in [4.78, 5) is 16.0. The lowest BCUT2D eigenvalue weighted by Gasteiger charge is -2.31. The number of nitrogens with zero attached hydrogens (tertiary/aromatic N) is 2. The molecule has 1 heterocycles. The van der Waals surface area contributed by atoms with Crippen LogP contribution in [0.5, 0.6) is 0 Å². The van der Waals surface area contributed by atoms with Crippen LogP contribution in [0.25, 0.3) is 0 Å². The summed E-state index contributed by atoms with van der Waals surface area (Å²) in [7, 11) is 1.98. The highest BCUT2D eigenvalue weighted by atomic mass is 19.4. The molecule has 0 aliphatic carbocycles. The van der Waals surface area contributed by atoms with E-state index in [9.17, 15) is 22.4 Å². The van der Waals surface area contributed by atoms with Crippen molar-refractivity contribution in [3.63, 3.8) is 0 Å². The molecule has 3 nitrogen and oxygen atoms in total. The Labute approximate surface area is 120 Å². The van der Waals surface area contributed by atoms with Gasteiger partial charge in [-0.25, -0.2) is 4.39 Å². The molecule has 1 aliphatic heterocycles. The number of rotatable bonds is 3. The van der Waals surface area contributed by atoms with Crippen molar-refractivity contribution in [3.05, 3.63) is 35.1 Å². The lowest BCUT2D eigenvalue weighted by molar-refractivity contribution is -0.140. The first-order valence-corrected chi connectivity index (χ1v) is 6.58. The predicted molar refractivity (Wildman–Crippen MR) is 69.7 cm³/mol. The Morgan fingerprint density at radius 2 is 1.81 bits per heavy atom. The Kier molecular flexibility index (Phi) is 4.63. The molecule has 1 saturated heterocycles. The second-order valence-electron chi connectivity index (χ2n) is 5.19. The number of halogens is 4. The number of carbonyl (C=O) groups excluding carboxylic acids is 1. The minimum absolute atomic E-state index is 0.0283. The van der Waals surface area contributed by atoms with Gasteiger partial charge in [0.15, 0.2) is 5.78 Å². The van der Waals surface area contributed by atoms with E-state index >= 15 is 0 Å². The summed E-state index contributed by atoms with van der Waals surface area (Å²) in [5.41, 5.74) is -1.38.